The zero-order valence-corrected chi connectivity index (χ0v) is 10.4. The highest BCUT2D eigenvalue weighted by molar-refractivity contribution is 9.09. The molecule has 2 N–H and O–H groups in total. The van der Waals surface area contributed by atoms with Crippen LogP contribution in [0.3, 0.4) is 0 Å². The monoisotopic (exact) mass is 273 g/mol. The van der Waals surface area contributed by atoms with Crippen molar-refractivity contribution < 1.29 is 9.84 Å². The molecule has 0 bridgehead atoms. The van der Waals surface area contributed by atoms with Gasteiger partial charge in [0.25, 0.3) is 0 Å². The van der Waals surface area contributed by atoms with E-state index in [2.05, 4.69) is 21.2 Å². The second-order valence-electron chi connectivity index (χ2n) is 3.23. The van der Waals surface area contributed by atoms with Crippen LogP contribution in [0.25, 0.3) is 0 Å². The molecule has 0 heterocycles. The largest absolute Gasteiger partial charge is 0.504 e. The molecule has 1 aromatic carbocycles. The van der Waals surface area contributed by atoms with Crippen molar-refractivity contribution in [1.82, 2.24) is 5.32 Å². The Labute approximate surface area is 98.6 Å². The van der Waals surface area contributed by atoms with Crippen molar-refractivity contribution in [2.24, 2.45) is 0 Å². The van der Waals surface area contributed by atoms with Crippen molar-refractivity contribution in [3.8, 4) is 11.5 Å². The molecule has 0 aliphatic rings. The van der Waals surface area contributed by atoms with Crippen molar-refractivity contribution in [1.29, 1.82) is 0 Å². The Morgan fingerprint density at radius 1 is 1.47 bits per heavy atom. The third-order valence-electron chi connectivity index (χ3n) is 2.06. The van der Waals surface area contributed by atoms with Crippen molar-refractivity contribution in [2.75, 3.05) is 19.0 Å². The first-order valence-electron chi connectivity index (χ1n) is 4.90. The van der Waals surface area contributed by atoms with E-state index in [-0.39, 0.29) is 5.75 Å². The van der Waals surface area contributed by atoms with Gasteiger partial charge < -0.3 is 15.2 Å². The summed E-state index contributed by atoms with van der Waals surface area (Å²) in [6.07, 6.45) is 1.10. The maximum atomic E-state index is 9.53. The predicted octanol–water partition coefficient (Wildman–Crippen LogP) is 2.28. The number of alkyl halides is 1. The van der Waals surface area contributed by atoms with Gasteiger partial charge in [0, 0.05) is 11.9 Å². The summed E-state index contributed by atoms with van der Waals surface area (Å²) in [5.41, 5.74) is 1.06. The fourth-order valence-electron chi connectivity index (χ4n) is 1.27. The molecule has 0 saturated heterocycles. The Morgan fingerprint density at radius 3 is 2.87 bits per heavy atom. The van der Waals surface area contributed by atoms with Crippen molar-refractivity contribution in [2.45, 2.75) is 13.0 Å². The van der Waals surface area contributed by atoms with Crippen LogP contribution >= 0.6 is 15.9 Å². The molecule has 0 atom stereocenters. The SMILES string of the molecule is COc1ccc(CNCCCBr)cc1O. The smallest absolute Gasteiger partial charge is 0.160 e. The van der Waals surface area contributed by atoms with Crippen molar-refractivity contribution in [3.05, 3.63) is 23.8 Å². The number of nitrogens with one attached hydrogen (secondary N) is 1. The Hall–Kier alpha value is -0.740. The summed E-state index contributed by atoms with van der Waals surface area (Å²) in [7, 11) is 1.54. The van der Waals surface area contributed by atoms with Crippen LogP contribution in [0.2, 0.25) is 0 Å². The lowest BCUT2D eigenvalue weighted by Crippen LogP contribution is -2.14. The molecular formula is C11H16BrNO2. The summed E-state index contributed by atoms with van der Waals surface area (Å²) in [5, 5.41) is 13.8. The van der Waals surface area contributed by atoms with Crippen LogP contribution in [-0.2, 0) is 6.54 Å². The van der Waals surface area contributed by atoms with Gasteiger partial charge in [-0.25, -0.2) is 0 Å². The molecule has 0 fully saturated rings. The lowest BCUT2D eigenvalue weighted by Gasteiger charge is -2.07. The lowest BCUT2D eigenvalue weighted by molar-refractivity contribution is 0.373. The number of benzene rings is 1. The summed E-state index contributed by atoms with van der Waals surface area (Å²) < 4.78 is 4.97. The summed E-state index contributed by atoms with van der Waals surface area (Å²) in [6.45, 7) is 1.74. The number of halogens is 1. The minimum Gasteiger partial charge on any atom is -0.504 e. The molecule has 15 heavy (non-hydrogen) atoms. The van der Waals surface area contributed by atoms with E-state index in [1.54, 1.807) is 19.2 Å². The number of phenols is 1. The number of aromatic hydroxyl groups is 1. The highest BCUT2D eigenvalue weighted by Crippen LogP contribution is 2.25. The number of ether oxygens (including phenoxy) is 1. The van der Waals surface area contributed by atoms with E-state index in [1.807, 2.05) is 6.07 Å². The predicted molar refractivity (Wildman–Crippen MR) is 64.8 cm³/mol. The molecule has 0 radical (unpaired) electrons. The summed E-state index contributed by atoms with van der Waals surface area (Å²) in [6, 6.07) is 5.44. The number of rotatable bonds is 6. The molecule has 0 aliphatic carbocycles. The van der Waals surface area contributed by atoms with Gasteiger partial charge in [0.1, 0.15) is 0 Å². The Balaban J connectivity index is 2.45. The molecule has 0 saturated carbocycles. The zero-order valence-electron chi connectivity index (χ0n) is 8.79. The van der Waals surface area contributed by atoms with E-state index < -0.39 is 0 Å². The van der Waals surface area contributed by atoms with E-state index in [0.29, 0.717) is 5.75 Å². The third-order valence-corrected chi connectivity index (χ3v) is 2.62. The molecule has 3 nitrogen and oxygen atoms in total. The third kappa shape index (κ3) is 4.10. The number of methoxy groups -OCH3 is 1. The van der Waals surface area contributed by atoms with Gasteiger partial charge in [-0.3, -0.25) is 0 Å². The molecule has 4 heteroatoms. The Bertz CT molecular complexity index is 305. The molecule has 0 aliphatic heterocycles. The maximum absolute atomic E-state index is 9.53. The minimum absolute atomic E-state index is 0.192. The van der Waals surface area contributed by atoms with Crippen LogP contribution < -0.4 is 10.1 Å². The average molecular weight is 274 g/mol. The van der Waals surface area contributed by atoms with Gasteiger partial charge in [0.05, 0.1) is 7.11 Å². The van der Waals surface area contributed by atoms with Gasteiger partial charge in [0.15, 0.2) is 11.5 Å². The lowest BCUT2D eigenvalue weighted by atomic mass is 10.2. The topological polar surface area (TPSA) is 41.5 Å². The van der Waals surface area contributed by atoms with Crippen molar-refractivity contribution in [3.63, 3.8) is 0 Å². The molecular weight excluding hydrogens is 258 g/mol. The maximum Gasteiger partial charge on any atom is 0.160 e. The van der Waals surface area contributed by atoms with Gasteiger partial charge in [-0.2, -0.15) is 0 Å². The van der Waals surface area contributed by atoms with E-state index in [4.69, 9.17) is 4.74 Å². The second kappa shape index (κ2) is 6.69. The van der Waals surface area contributed by atoms with Crippen LogP contribution in [0.1, 0.15) is 12.0 Å². The quantitative estimate of drug-likeness (QED) is 0.617. The van der Waals surface area contributed by atoms with Crippen molar-refractivity contribution >= 4 is 15.9 Å². The highest BCUT2D eigenvalue weighted by Gasteiger charge is 2.01. The van der Waals surface area contributed by atoms with Gasteiger partial charge in [-0.15, -0.1) is 0 Å². The van der Waals surface area contributed by atoms with Gasteiger partial charge in [0.2, 0.25) is 0 Å². The number of phenolic OH excluding ortho intramolecular Hbond substituents is 1. The van der Waals surface area contributed by atoms with Crippen LogP contribution in [0.5, 0.6) is 11.5 Å². The standard InChI is InChI=1S/C11H16BrNO2/c1-15-11-4-3-9(7-10(11)14)8-13-6-2-5-12/h3-4,7,13-14H,2,5-6,8H2,1H3. The molecule has 1 aromatic rings. The van der Waals surface area contributed by atoms with E-state index in [1.165, 1.54) is 0 Å². The minimum atomic E-state index is 0.192. The summed E-state index contributed by atoms with van der Waals surface area (Å²) >= 11 is 3.37. The fourth-order valence-corrected chi connectivity index (χ4v) is 1.55. The van der Waals surface area contributed by atoms with Crippen LogP contribution in [0, 0.1) is 0 Å². The van der Waals surface area contributed by atoms with Crippen LogP contribution in [0.4, 0.5) is 0 Å². The van der Waals surface area contributed by atoms with Gasteiger partial charge in [-0.1, -0.05) is 22.0 Å². The van der Waals surface area contributed by atoms with E-state index >= 15 is 0 Å². The van der Waals surface area contributed by atoms with Crippen LogP contribution in [-0.4, -0.2) is 24.1 Å². The molecule has 1 rings (SSSR count). The van der Waals surface area contributed by atoms with E-state index in [9.17, 15) is 5.11 Å². The first-order valence-corrected chi connectivity index (χ1v) is 6.02. The zero-order chi connectivity index (χ0) is 11.1. The molecule has 84 valence electrons. The first kappa shape index (κ1) is 12.3. The first-order chi connectivity index (χ1) is 7.27. The fraction of sp³-hybridized carbons (Fsp3) is 0.455. The summed E-state index contributed by atoms with van der Waals surface area (Å²) in [4.78, 5) is 0. The molecule has 0 aromatic heterocycles. The normalized spacial score (nSPS) is 10.3. The Morgan fingerprint density at radius 2 is 2.27 bits per heavy atom. The molecule has 0 unspecified atom stereocenters. The van der Waals surface area contributed by atoms with Crippen LogP contribution in [0.15, 0.2) is 18.2 Å². The molecule has 0 amide bonds. The molecule has 0 spiro atoms. The summed E-state index contributed by atoms with van der Waals surface area (Å²) in [5.74, 6) is 0.705. The van der Waals surface area contributed by atoms with E-state index in [0.717, 1.165) is 30.4 Å². The highest BCUT2D eigenvalue weighted by atomic mass is 79.9. The van der Waals surface area contributed by atoms with Gasteiger partial charge >= 0.3 is 0 Å². The number of hydrogen-bond donors (Lipinski definition) is 2. The average Bonchev–Trinajstić information content (AvgIpc) is 2.25. The Kier molecular flexibility index (Phi) is 5.50. The number of hydrogen-bond acceptors (Lipinski definition) is 3. The van der Waals surface area contributed by atoms with Gasteiger partial charge in [-0.05, 0) is 30.7 Å². The second-order valence-corrected chi connectivity index (χ2v) is 4.02.